The van der Waals surface area contributed by atoms with Crippen LogP contribution in [-0.2, 0) is 4.79 Å². The molecule has 20 heavy (non-hydrogen) atoms. The number of aromatic nitrogens is 2. The topological polar surface area (TPSA) is 78.9 Å². The van der Waals surface area contributed by atoms with Gasteiger partial charge in [-0.3, -0.25) is 4.79 Å². The largest absolute Gasteiger partial charge is 0.374 e. The molecule has 2 heterocycles. The van der Waals surface area contributed by atoms with Crippen LogP contribution in [0.15, 0.2) is 24.4 Å². The summed E-state index contributed by atoms with van der Waals surface area (Å²) in [7, 11) is 0. The smallest absolute Gasteiger partial charge is 0.239 e. The Morgan fingerprint density at radius 1 is 1.45 bits per heavy atom. The van der Waals surface area contributed by atoms with Crippen molar-refractivity contribution < 1.29 is 4.79 Å². The zero-order valence-corrected chi connectivity index (χ0v) is 11.3. The van der Waals surface area contributed by atoms with Crippen LogP contribution in [0.5, 0.6) is 0 Å². The van der Waals surface area contributed by atoms with Gasteiger partial charge < -0.3 is 16.0 Å². The normalized spacial score (nSPS) is 14.8. The van der Waals surface area contributed by atoms with Crippen molar-refractivity contribution in [2.75, 3.05) is 25.0 Å². The number of amides is 1. The molecule has 0 atom stereocenters. The van der Waals surface area contributed by atoms with Crippen molar-refractivity contribution in [2.24, 2.45) is 0 Å². The predicted octanol–water partition coefficient (Wildman–Crippen LogP) is 0.438. The van der Waals surface area contributed by atoms with E-state index in [4.69, 9.17) is 0 Å². The first kappa shape index (κ1) is 12.8. The fourth-order valence-corrected chi connectivity index (χ4v) is 2.16. The Bertz CT molecular complexity index is 638. The van der Waals surface area contributed by atoms with Gasteiger partial charge in [-0.2, -0.15) is 10.2 Å². The molecule has 6 heteroatoms. The molecule has 104 valence electrons. The first-order chi connectivity index (χ1) is 9.72. The van der Waals surface area contributed by atoms with E-state index < -0.39 is 0 Å². The minimum atomic E-state index is -0.00545. The average Bonchev–Trinajstić information content (AvgIpc) is 2.40. The number of fused-ring (bicyclic) bond motifs is 1. The molecule has 0 saturated carbocycles. The zero-order chi connectivity index (χ0) is 13.9. The Morgan fingerprint density at radius 3 is 3.05 bits per heavy atom. The van der Waals surface area contributed by atoms with Gasteiger partial charge in [-0.25, -0.2) is 0 Å². The summed E-state index contributed by atoms with van der Waals surface area (Å²) >= 11 is 0. The summed E-state index contributed by atoms with van der Waals surface area (Å²) < 4.78 is 0. The quantitative estimate of drug-likeness (QED) is 0.752. The number of benzene rings is 1. The van der Waals surface area contributed by atoms with Crippen LogP contribution in [-0.4, -0.2) is 41.8 Å². The van der Waals surface area contributed by atoms with Crippen molar-refractivity contribution >= 4 is 22.5 Å². The minimum Gasteiger partial charge on any atom is -0.374 e. The molecule has 0 aliphatic carbocycles. The number of rotatable bonds is 4. The number of aryl methyl sites for hydroxylation is 1. The van der Waals surface area contributed by atoms with Crippen LogP contribution in [0.25, 0.3) is 10.9 Å². The molecule has 0 unspecified atom stereocenters. The van der Waals surface area contributed by atoms with E-state index in [1.807, 2.05) is 25.1 Å². The second-order valence-corrected chi connectivity index (χ2v) is 5.06. The van der Waals surface area contributed by atoms with Crippen molar-refractivity contribution in [3.05, 3.63) is 30.0 Å². The number of carbonyl (C=O) groups is 1. The van der Waals surface area contributed by atoms with Crippen LogP contribution in [0.2, 0.25) is 0 Å². The Balaban J connectivity index is 1.70. The molecule has 0 bridgehead atoms. The van der Waals surface area contributed by atoms with Crippen LogP contribution in [0, 0.1) is 6.92 Å². The lowest BCUT2D eigenvalue weighted by molar-refractivity contribution is -0.120. The summed E-state index contributed by atoms with van der Waals surface area (Å²) in [6, 6.07) is 6.24. The number of hydrogen-bond acceptors (Lipinski definition) is 5. The Labute approximate surface area is 117 Å². The van der Waals surface area contributed by atoms with Crippen LogP contribution in [0.4, 0.5) is 5.69 Å². The van der Waals surface area contributed by atoms with Crippen LogP contribution >= 0.6 is 0 Å². The van der Waals surface area contributed by atoms with Gasteiger partial charge in [-0.15, -0.1) is 0 Å². The van der Waals surface area contributed by atoms with Crippen LogP contribution < -0.4 is 16.0 Å². The lowest BCUT2D eigenvalue weighted by Crippen LogP contribution is -2.57. The molecule has 3 rings (SSSR count). The Kier molecular flexibility index (Phi) is 3.47. The van der Waals surface area contributed by atoms with Crippen molar-refractivity contribution in [1.29, 1.82) is 0 Å². The number of hydrogen-bond donors (Lipinski definition) is 3. The maximum absolute atomic E-state index is 11.8. The van der Waals surface area contributed by atoms with Gasteiger partial charge in [0.1, 0.15) is 0 Å². The van der Waals surface area contributed by atoms with Crippen LogP contribution in [0.3, 0.4) is 0 Å². The molecule has 1 saturated heterocycles. The zero-order valence-electron chi connectivity index (χ0n) is 11.3. The van der Waals surface area contributed by atoms with Gasteiger partial charge in [0, 0.05) is 18.5 Å². The highest BCUT2D eigenvalue weighted by Gasteiger charge is 2.18. The second-order valence-electron chi connectivity index (χ2n) is 5.06. The van der Waals surface area contributed by atoms with Crippen LogP contribution in [0.1, 0.15) is 5.56 Å². The lowest BCUT2D eigenvalue weighted by atomic mass is 10.1. The van der Waals surface area contributed by atoms with Gasteiger partial charge in [0.05, 0.1) is 30.0 Å². The summed E-state index contributed by atoms with van der Waals surface area (Å²) in [4.78, 5) is 11.8. The Hall–Kier alpha value is -2.21. The summed E-state index contributed by atoms with van der Waals surface area (Å²) in [5.74, 6) is -0.00545. The van der Waals surface area contributed by atoms with E-state index in [-0.39, 0.29) is 18.5 Å². The number of nitrogens with zero attached hydrogens (tertiary/aromatic N) is 2. The fraction of sp³-hybridized carbons (Fsp3) is 0.357. The van der Waals surface area contributed by atoms with E-state index >= 15 is 0 Å². The standard InChI is InChI=1S/C14H17N5O/c1-9-2-3-12-11(4-9)13(7-17-19-12)16-8-14(20)18-10-5-15-6-10/h2-4,7,10,15H,5-6,8H2,1H3,(H,16,19)(H,18,20). The molecular weight excluding hydrogens is 254 g/mol. The molecule has 6 nitrogen and oxygen atoms in total. The van der Waals surface area contributed by atoms with Gasteiger partial charge >= 0.3 is 0 Å². The first-order valence-electron chi connectivity index (χ1n) is 6.68. The summed E-state index contributed by atoms with van der Waals surface area (Å²) in [5, 5.41) is 18.2. The van der Waals surface area contributed by atoms with Gasteiger partial charge in [0.2, 0.25) is 5.91 Å². The molecule has 0 spiro atoms. The maximum Gasteiger partial charge on any atom is 0.239 e. The molecule has 1 aliphatic heterocycles. The third-order valence-corrected chi connectivity index (χ3v) is 3.38. The summed E-state index contributed by atoms with van der Waals surface area (Å²) in [5.41, 5.74) is 2.81. The molecule has 2 aromatic rings. The highest BCUT2D eigenvalue weighted by molar-refractivity contribution is 5.92. The van der Waals surface area contributed by atoms with Crippen molar-refractivity contribution in [1.82, 2.24) is 20.8 Å². The van der Waals surface area contributed by atoms with Gasteiger partial charge in [-0.1, -0.05) is 11.6 Å². The number of anilines is 1. The van der Waals surface area contributed by atoms with Crippen molar-refractivity contribution in [2.45, 2.75) is 13.0 Å². The van der Waals surface area contributed by atoms with Gasteiger partial charge in [0.15, 0.2) is 0 Å². The van der Waals surface area contributed by atoms with E-state index in [1.165, 1.54) is 0 Å². The number of nitrogens with one attached hydrogen (secondary N) is 3. The minimum absolute atomic E-state index is 0.00545. The lowest BCUT2D eigenvalue weighted by Gasteiger charge is -2.28. The van der Waals surface area contributed by atoms with Gasteiger partial charge in [0.25, 0.3) is 0 Å². The fourth-order valence-electron chi connectivity index (χ4n) is 2.16. The highest BCUT2D eigenvalue weighted by atomic mass is 16.2. The van der Waals surface area contributed by atoms with E-state index in [1.54, 1.807) is 6.20 Å². The molecule has 1 amide bonds. The van der Waals surface area contributed by atoms with Gasteiger partial charge in [-0.05, 0) is 19.1 Å². The molecule has 1 aromatic heterocycles. The molecular formula is C14H17N5O. The molecule has 0 radical (unpaired) electrons. The molecule has 3 N–H and O–H groups in total. The van der Waals surface area contributed by atoms with E-state index in [0.29, 0.717) is 0 Å². The second kappa shape index (κ2) is 5.42. The monoisotopic (exact) mass is 271 g/mol. The third kappa shape index (κ3) is 2.70. The molecule has 1 aliphatic rings. The summed E-state index contributed by atoms with van der Waals surface area (Å²) in [6.07, 6.45) is 1.65. The SMILES string of the molecule is Cc1ccc2nncc(NCC(=O)NC3CNC3)c2c1. The number of carbonyl (C=O) groups excluding carboxylic acids is 1. The van der Waals surface area contributed by atoms with E-state index in [0.717, 1.165) is 35.2 Å². The predicted molar refractivity (Wildman–Crippen MR) is 77.6 cm³/mol. The average molecular weight is 271 g/mol. The summed E-state index contributed by atoms with van der Waals surface area (Å²) in [6.45, 7) is 3.97. The van der Waals surface area contributed by atoms with Crippen molar-refractivity contribution in [3.8, 4) is 0 Å². The Morgan fingerprint density at radius 2 is 2.30 bits per heavy atom. The first-order valence-corrected chi connectivity index (χ1v) is 6.68. The van der Waals surface area contributed by atoms with E-state index in [2.05, 4.69) is 26.1 Å². The third-order valence-electron chi connectivity index (χ3n) is 3.38. The highest BCUT2D eigenvalue weighted by Crippen LogP contribution is 2.21. The molecule has 1 fully saturated rings. The molecule has 1 aromatic carbocycles. The maximum atomic E-state index is 11.8. The van der Waals surface area contributed by atoms with Crippen molar-refractivity contribution in [3.63, 3.8) is 0 Å². The van der Waals surface area contributed by atoms with E-state index in [9.17, 15) is 4.79 Å².